The number of rotatable bonds is 5. The van der Waals surface area contributed by atoms with Crippen LogP contribution in [0.15, 0.2) is 24.3 Å². The molecule has 1 heterocycles. The lowest BCUT2D eigenvalue weighted by molar-refractivity contribution is -0.138. The van der Waals surface area contributed by atoms with Crippen LogP contribution in [0.25, 0.3) is 10.6 Å². The van der Waals surface area contributed by atoms with Crippen LogP contribution in [0.1, 0.15) is 12.8 Å². The molecule has 1 aromatic carbocycles. The molecule has 1 aromatic heterocycles. The van der Waals surface area contributed by atoms with Crippen molar-refractivity contribution in [3.8, 4) is 10.6 Å². The maximum Gasteiger partial charge on any atom is 0.303 e. The van der Waals surface area contributed by atoms with E-state index >= 15 is 0 Å². The molecule has 0 aliphatic rings. The van der Waals surface area contributed by atoms with Crippen molar-refractivity contribution in [2.75, 3.05) is 5.32 Å². The fourth-order valence-corrected chi connectivity index (χ4v) is 2.17. The first-order valence-corrected chi connectivity index (χ1v) is 6.47. The van der Waals surface area contributed by atoms with Crippen molar-refractivity contribution < 1.29 is 19.1 Å². The van der Waals surface area contributed by atoms with E-state index in [9.17, 15) is 14.0 Å². The molecular weight excluding hydrogens is 285 g/mol. The van der Waals surface area contributed by atoms with Crippen molar-refractivity contribution in [3.05, 3.63) is 30.1 Å². The Labute approximate surface area is 117 Å². The molecule has 2 aromatic rings. The Morgan fingerprint density at radius 1 is 1.30 bits per heavy atom. The number of aromatic nitrogens is 2. The Bertz CT molecular complexity index is 644. The molecule has 2 rings (SSSR count). The third-order valence-corrected chi connectivity index (χ3v) is 3.20. The van der Waals surface area contributed by atoms with Crippen LogP contribution in [-0.2, 0) is 9.59 Å². The average Bonchev–Trinajstić information content (AvgIpc) is 2.85. The lowest BCUT2D eigenvalue weighted by Gasteiger charge is -1.98. The van der Waals surface area contributed by atoms with Crippen molar-refractivity contribution in [1.82, 2.24) is 10.2 Å². The van der Waals surface area contributed by atoms with Crippen LogP contribution in [0, 0.1) is 5.82 Å². The van der Waals surface area contributed by atoms with Gasteiger partial charge in [0.05, 0.1) is 6.42 Å². The lowest BCUT2D eigenvalue weighted by Crippen LogP contribution is -2.12. The number of carbonyl (C=O) groups is 2. The molecule has 0 spiro atoms. The summed E-state index contributed by atoms with van der Waals surface area (Å²) in [6.07, 6.45) is -0.383. The standard InChI is InChI=1S/C12H10FN3O3S/c13-8-3-1-2-7(6-8)11-15-16-12(20-11)14-9(17)4-5-10(18)19/h1-3,6H,4-5H2,(H,18,19)(H,14,16,17). The van der Waals surface area contributed by atoms with Crippen LogP contribution >= 0.6 is 11.3 Å². The van der Waals surface area contributed by atoms with E-state index in [1.807, 2.05) is 0 Å². The van der Waals surface area contributed by atoms with Gasteiger partial charge in [-0.1, -0.05) is 23.5 Å². The molecule has 0 bridgehead atoms. The van der Waals surface area contributed by atoms with Crippen molar-refractivity contribution in [2.24, 2.45) is 0 Å². The molecule has 0 saturated heterocycles. The zero-order valence-corrected chi connectivity index (χ0v) is 11.0. The SMILES string of the molecule is O=C(O)CCC(=O)Nc1nnc(-c2cccc(F)c2)s1. The number of hydrogen-bond donors (Lipinski definition) is 2. The number of aliphatic carboxylic acids is 1. The van der Waals surface area contributed by atoms with E-state index < -0.39 is 11.9 Å². The van der Waals surface area contributed by atoms with Gasteiger partial charge < -0.3 is 10.4 Å². The smallest absolute Gasteiger partial charge is 0.303 e. The Balaban J connectivity index is 2.02. The minimum absolute atomic E-state index is 0.135. The number of anilines is 1. The number of carboxylic acid groups (broad SMARTS) is 1. The van der Waals surface area contributed by atoms with Gasteiger partial charge in [0.15, 0.2) is 0 Å². The summed E-state index contributed by atoms with van der Waals surface area (Å²) in [5, 5.41) is 19.2. The van der Waals surface area contributed by atoms with E-state index in [2.05, 4.69) is 15.5 Å². The minimum atomic E-state index is -1.04. The zero-order chi connectivity index (χ0) is 14.5. The van der Waals surface area contributed by atoms with E-state index in [1.165, 1.54) is 12.1 Å². The second kappa shape index (κ2) is 6.20. The molecule has 0 atom stereocenters. The van der Waals surface area contributed by atoms with E-state index in [4.69, 9.17) is 5.11 Å². The molecule has 104 valence electrons. The number of hydrogen-bond acceptors (Lipinski definition) is 5. The molecule has 8 heteroatoms. The highest BCUT2D eigenvalue weighted by Gasteiger charge is 2.11. The van der Waals surface area contributed by atoms with Gasteiger partial charge in [-0.05, 0) is 12.1 Å². The fourth-order valence-electron chi connectivity index (χ4n) is 1.41. The van der Waals surface area contributed by atoms with E-state index in [1.54, 1.807) is 12.1 Å². The van der Waals surface area contributed by atoms with Gasteiger partial charge in [0.1, 0.15) is 10.8 Å². The first-order valence-electron chi connectivity index (χ1n) is 5.65. The van der Waals surface area contributed by atoms with Crippen molar-refractivity contribution >= 4 is 28.3 Å². The first-order chi connectivity index (χ1) is 9.54. The molecular formula is C12H10FN3O3S. The maximum atomic E-state index is 13.1. The molecule has 20 heavy (non-hydrogen) atoms. The number of carboxylic acids is 1. The highest BCUT2D eigenvalue weighted by atomic mass is 32.1. The molecule has 0 radical (unpaired) electrons. The van der Waals surface area contributed by atoms with Gasteiger partial charge in [-0.25, -0.2) is 4.39 Å². The molecule has 0 saturated carbocycles. The second-order valence-electron chi connectivity index (χ2n) is 3.86. The quantitative estimate of drug-likeness (QED) is 0.881. The molecule has 0 unspecified atom stereocenters. The first kappa shape index (κ1) is 14.1. The predicted octanol–water partition coefficient (Wildman–Crippen LogP) is 2.15. The van der Waals surface area contributed by atoms with Crippen LogP contribution < -0.4 is 5.32 Å². The highest BCUT2D eigenvalue weighted by Crippen LogP contribution is 2.26. The van der Waals surface area contributed by atoms with Crippen LogP contribution in [0.5, 0.6) is 0 Å². The Morgan fingerprint density at radius 2 is 2.10 bits per heavy atom. The molecule has 6 nitrogen and oxygen atoms in total. The van der Waals surface area contributed by atoms with Crippen LogP contribution in [0.3, 0.4) is 0 Å². The summed E-state index contributed by atoms with van der Waals surface area (Å²) in [4.78, 5) is 21.8. The number of nitrogens with one attached hydrogen (secondary N) is 1. The number of amides is 1. The maximum absolute atomic E-state index is 13.1. The normalized spacial score (nSPS) is 10.2. The average molecular weight is 295 g/mol. The van der Waals surface area contributed by atoms with Gasteiger partial charge in [0.2, 0.25) is 11.0 Å². The monoisotopic (exact) mass is 295 g/mol. The number of halogens is 1. The molecule has 0 aliphatic heterocycles. The third kappa shape index (κ3) is 3.82. The van der Waals surface area contributed by atoms with Gasteiger partial charge in [-0.2, -0.15) is 0 Å². The predicted molar refractivity (Wildman–Crippen MR) is 70.8 cm³/mol. The summed E-state index contributed by atoms with van der Waals surface area (Å²) in [6, 6.07) is 5.87. The van der Waals surface area contributed by atoms with E-state index in [0.717, 1.165) is 11.3 Å². The summed E-state index contributed by atoms with van der Waals surface area (Å²) in [5.41, 5.74) is 0.563. The number of benzene rings is 1. The largest absolute Gasteiger partial charge is 0.481 e. The Hall–Kier alpha value is -2.35. The van der Waals surface area contributed by atoms with Gasteiger partial charge in [-0.3, -0.25) is 9.59 Å². The minimum Gasteiger partial charge on any atom is -0.481 e. The fraction of sp³-hybridized carbons (Fsp3) is 0.167. The van der Waals surface area contributed by atoms with E-state index in [0.29, 0.717) is 10.6 Å². The number of carbonyl (C=O) groups excluding carboxylic acids is 1. The van der Waals surface area contributed by atoms with Gasteiger partial charge in [-0.15, -0.1) is 10.2 Å². The van der Waals surface area contributed by atoms with Crippen molar-refractivity contribution in [1.29, 1.82) is 0 Å². The topological polar surface area (TPSA) is 92.2 Å². The Morgan fingerprint density at radius 3 is 2.80 bits per heavy atom. The highest BCUT2D eigenvalue weighted by molar-refractivity contribution is 7.18. The van der Waals surface area contributed by atoms with E-state index in [-0.39, 0.29) is 23.8 Å². The summed E-state index contributed by atoms with van der Waals surface area (Å²) in [5.74, 6) is -1.88. The van der Waals surface area contributed by atoms with Crippen molar-refractivity contribution in [3.63, 3.8) is 0 Å². The number of nitrogens with zero attached hydrogens (tertiary/aromatic N) is 2. The van der Waals surface area contributed by atoms with Crippen molar-refractivity contribution in [2.45, 2.75) is 12.8 Å². The third-order valence-electron chi connectivity index (χ3n) is 2.31. The molecule has 0 fully saturated rings. The molecule has 0 aliphatic carbocycles. The summed E-state index contributed by atoms with van der Waals surface area (Å²) >= 11 is 1.09. The van der Waals surface area contributed by atoms with Crippen LogP contribution in [0.2, 0.25) is 0 Å². The Kier molecular flexibility index (Phi) is 4.36. The molecule has 1 amide bonds. The van der Waals surface area contributed by atoms with Crippen LogP contribution in [-0.4, -0.2) is 27.2 Å². The summed E-state index contributed by atoms with van der Waals surface area (Å²) in [7, 11) is 0. The van der Waals surface area contributed by atoms with Gasteiger partial charge >= 0.3 is 5.97 Å². The van der Waals surface area contributed by atoms with Gasteiger partial charge in [0, 0.05) is 12.0 Å². The lowest BCUT2D eigenvalue weighted by atomic mass is 10.2. The van der Waals surface area contributed by atoms with Gasteiger partial charge in [0.25, 0.3) is 0 Å². The second-order valence-corrected chi connectivity index (χ2v) is 4.84. The summed E-state index contributed by atoms with van der Waals surface area (Å²) in [6.45, 7) is 0. The zero-order valence-electron chi connectivity index (χ0n) is 10.2. The summed E-state index contributed by atoms with van der Waals surface area (Å²) < 4.78 is 13.1. The molecule has 2 N–H and O–H groups in total. The van der Waals surface area contributed by atoms with Crippen LogP contribution in [0.4, 0.5) is 9.52 Å².